The summed E-state index contributed by atoms with van der Waals surface area (Å²) in [6.45, 7) is 4.71. The Morgan fingerprint density at radius 2 is 0.723 bits per heavy atom. The van der Waals surface area contributed by atoms with Crippen molar-refractivity contribution in [2.24, 2.45) is 0 Å². The van der Waals surface area contributed by atoms with Crippen LogP contribution in [-0.4, -0.2) is 4.57 Å². The molecule has 0 N–H and O–H groups in total. The zero-order chi connectivity index (χ0) is 43.5. The van der Waals surface area contributed by atoms with Crippen molar-refractivity contribution in [2.45, 2.75) is 19.3 Å². The van der Waals surface area contributed by atoms with Crippen molar-refractivity contribution in [3.05, 3.63) is 254 Å². The number of anilines is 3. The largest absolute Gasteiger partial charge is 0.310 e. The van der Waals surface area contributed by atoms with Crippen molar-refractivity contribution in [1.29, 1.82) is 0 Å². The molecule has 0 spiro atoms. The highest BCUT2D eigenvalue weighted by molar-refractivity contribution is 6.19. The lowest BCUT2D eigenvalue weighted by Crippen LogP contribution is -2.16. The van der Waals surface area contributed by atoms with E-state index in [0.717, 1.165) is 39.2 Å². The molecule has 0 aliphatic heterocycles. The molecule has 1 aliphatic carbocycles. The van der Waals surface area contributed by atoms with Crippen LogP contribution in [0.15, 0.2) is 243 Å². The minimum absolute atomic E-state index is 0.105. The minimum Gasteiger partial charge on any atom is -0.310 e. The van der Waals surface area contributed by atoms with Gasteiger partial charge >= 0.3 is 0 Å². The Hall–Kier alpha value is -8.20. The van der Waals surface area contributed by atoms with E-state index < -0.39 is 0 Å². The third kappa shape index (κ3) is 6.40. The normalized spacial score (nSPS) is 12.6. The van der Waals surface area contributed by atoms with Gasteiger partial charge in [-0.2, -0.15) is 0 Å². The van der Waals surface area contributed by atoms with Gasteiger partial charge in [0.25, 0.3) is 0 Å². The lowest BCUT2D eigenvalue weighted by molar-refractivity contribution is 0.660. The van der Waals surface area contributed by atoms with Gasteiger partial charge in [0.15, 0.2) is 0 Å². The highest BCUT2D eigenvalue weighted by Crippen LogP contribution is 2.54. The van der Waals surface area contributed by atoms with E-state index in [4.69, 9.17) is 0 Å². The molecule has 10 aromatic carbocycles. The summed E-state index contributed by atoms with van der Waals surface area (Å²) >= 11 is 0. The zero-order valence-corrected chi connectivity index (χ0v) is 36.5. The second kappa shape index (κ2) is 15.6. The van der Waals surface area contributed by atoms with Crippen LogP contribution in [0.4, 0.5) is 17.1 Å². The third-order valence-electron chi connectivity index (χ3n) is 13.7. The molecule has 2 nitrogen and oxygen atoms in total. The van der Waals surface area contributed by atoms with E-state index in [9.17, 15) is 0 Å². The molecule has 308 valence electrons. The molecule has 1 heterocycles. The Morgan fingerprint density at radius 3 is 1.26 bits per heavy atom. The van der Waals surface area contributed by atoms with Crippen molar-refractivity contribution >= 4 is 60.4 Å². The van der Waals surface area contributed by atoms with Crippen LogP contribution in [0.5, 0.6) is 0 Å². The molecule has 1 aliphatic rings. The van der Waals surface area contributed by atoms with E-state index >= 15 is 0 Å². The average Bonchev–Trinajstić information content (AvgIpc) is 3.63. The van der Waals surface area contributed by atoms with Crippen molar-refractivity contribution in [3.8, 4) is 39.1 Å². The highest BCUT2D eigenvalue weighted by Gasteiger charge is 2.37. The number of fused-ring (bicyclic) bond motifs is 10. The summed E-state index contributed by atoms with van der Waals surface area (Å²) in [6, 6.07) is 88.9. The summed E-state index contributed by atoms with van der Waals surface area (Å²) in [7, 11) is 0. The number of hydrogen-bond acceptors (Lipinski definition) is 1. The number of nitrogens with zero attached hydrogens (tertiary/aromatic N) is 2. The Kier molecular flexibility index (Phi) is 9.21. The summed E-state index contributed by atoms with van der Waals surface area (Å²) in [4.78, 5) is 2.44. The second-order valence-corrected chi connectivity index (χ2v) is 17.7. The van der Waals surface area contributed by atoms with Gasteiger partial charge in [-0.15, -0.1) is 0 Å². The average molecular weight is 831 g/mol. The molecular formula is C63H46N2. The number of para-hydroxylation sites is 2. The Labute approximate surface area is 380 Å². The number of benzene rings is 10. The number of rotatable bonds is 6. The maximum absolute atomic E-state index is 2.44. The van der Waals surface area contributed by atoms with E-state index in [1.807, 2.05) is 0 Å². The van der Waals surface area contributed by atoms with Crippen LogP contribution < -0.4 is 4.90 Å². The summed E-state index contributed by atoms with van der Waals surface area (Å²) in [5.74, 6) is 0. The summed E-state index contributed by atoms with van der Waals surface area (Å²) < 4.78 is 2.44. The molecule has 0 unspecified atom stereocenters. The molecule has 0 amide bonds. The first-order chi connectivity index (χ1) is 32.0. The number of hydrogen-bond donors (Lipinski definition) is 0. The molecule has 65 heavy (non-hydrogen) atoms. The van der Waals surface area contributed by atoms with Crippen LogP contribution in [0.25, 0.3) is 82.4 Å². The number of aromatic nitrogens is 1. The summed E-state index contributed by atoms with van der Waals surface area (Å²) in [6.07, 6.45) is 0. The Morgan fingerprint density at radius 1 is 0.323 bits per heavy atom. The van der Waals surface area contributed by atoms with Crippen molar-refractivity contribution in [1.82, 2.24) is 4.57 Å². The first-order valence-electron chi connectivity index (χ1n) is 22.6. The van der Waals surface area contributed by atoms with Gasteiger partial charge in [0, 0.05) is 38.8 Å². The van der Waals surface area contributed by atoms with Gasteiger partial charge in [-0.05, 0) is 115 Å². The third-order valence-corrected chi connectivity index (χ3v) is 13.7. The molecule has 11 aromatic rings. The molecule has 0 saturated carbocycles. The van der Waals surface area contributed by atoms with Crippen LogP contribution >= 0.6 is 0 Å². The summed E-state index contributed by atoms with van der Waals surface area (Å²) in [5, 5.41) is 7.31. The maximum Gasteiger partial charge on any atom is 0.0543 e. The van der Waals surface area contributed by atoms with Gasteiger partial charge in [-0.25, -0.2) is 0 Å². The fourth-order valence-corrected chi connectivity index (χ4v) is 10.5. The van der Waals surface area contributed by atoms with Gasteiger partial charge in [-0.3, -0.25) is 0 Å². The SMILES string of the molecule is CC1(C)c2ccccc2-c2c(N(c3ccc(-c4ccccc4)cc3)c3ccc(-c4ccc(-n5c6ccccc6c6ccccc6c6ccccc6c6ccccc65)cc4)cc3)cccc21. The molecule has 12 rings (SSSR count). The predicted molar refractivity (Wildman–Crippen MR) is 277 cm³/mol. The fourth-order valence-electron chi connectivity index (χ4n) is 10.5. The zero-order valence-electron chi connectivity index (χ0n) is 36.5. The highest BCUT2D eigenvalue weighted by atomic mass is 15.1. The molecule has 0 radical (unpaired) electrons. The van der Waals surface area contributed by atoms with Crippen molar-refractivity contribution in [3.63, 3.8) is 0 Å². The van der Waals surface area contributed by atoms with Crippen molar-refractivity contribution < 1.29 is 0 Å². The molecule has 1 aromatic heterocycles. The minimum atomic E-state index is -0.105. The molecule has 0 fully saturated rings. The topological polar surface area (TPSA) is 8.17 Å². The van der Waals surface area contributed by atoms with E-state index in [0.29, 0.717) is 0 Å². The van der Waals surface area contributed by atoms with E-state index in [1.165, 1.54) is 71.4 Å². The van der Waals surface area contributed by atoms with E-state index in [1.54, 1.807) is 0 Å². The molecule has 0 atom stereocenters. The Balaban J connectivity index is 0.989. The lowest BCUT2D eigenvalue weighted by atomic mass is 9.82. The van der Waals surface area contributed by atoms with Gasteiger partial charge < -0.3 is 9.47 Å². The van der Waals surface area contributed by atoms with Crippen LogP contribution in [-0.2, 0) is 5.41 Å². The fraction of sp³-hybridized carbons (Fsp3) is 0.0476. The van der Waals surface area contributed by atoms with Crippen LogP contribution in [0.2, 0.25) is 0 Å². The Bertz CT molecular complexity index is 3550. The first kappa shape index (κ1) is 38.5. The van der Waals surface area contributed by atoms with Crippen molar-refractivity contribution in [2.75, 3.05) is 4.90 Å². The standard InChI is InChI=1S/C63H46N2/c1-63(2)57-26-13-10-25-56(57)62-58(63)27-16-30-61(62)64(47-37-31-44(32-38-47)43-17-4-3-5-18-43)48-39-33-45(34-40-48)46-35-41-49(42-36-46)65-59-28-14-11-23-54(59)52-21-8-6-19-50(52)51-20-7-9-22-53(51)55-24-12-15-29-60(55)65/h3-42H,1-2H3. The van der Waals surface area contributed by atoms with Gasteiger partial charge in [0.1, 0.15) is 0 Å². The smallest absolute Gasteiger partial charge is 0.0543 e. The quantitative estimate of drug-likeness (QED) is 0.162. The van der Waals surface area contributed by atoms with E-state index in [2.05, 4.69) is 266 Å². The predicted octanol–water partition coefficient (Wildman–Crippen LogP) is 17.3. The lowest BCUT2D eigenvalue weighted by Gasteiger charge is -2.29. The summed E-state index contributed by atoms with van der Waals surface area (Å²) in [5.41, 5.74) is 16.8. The molecule has 0 saturated heterocycles. The van der Waals surface area contributed by atoms with Gasteiger partial charge in [0.05, 0.1) is 16.7 Å². The molecule has 2 heteroatoms. The maximum atomic E-state index is 2.44. The van der Waals surface area contributed by atoms with Gasteiger partial charge in [0.2, 0.25) is 0 Å². The van der Waals surface area contributed by atoms with Crippen LogP contribution in [0.3, 0.4) is 0 Å². The second-order valence-electron chi connectivity index (χ2n) is 17.7. The first-order valence-corrected chi connectivity index (χ1v) is 22.6. The molecule has 0 bridgehead atoms. The van der Waals surface area contributed by atoms with Crippen LogP contribution in [0, 0.1) is 0 Å². The monoisotopic (exact) mass is 830 g/mol. The van der Waals surface area contributed by atoms with Crippen LogP contribution in [0.1, 0.15) is 25.0 Å². The molecular weight excluding hydrogens is 785 g/mol. The van der Waals surface area contributed by atoms with Gasteiger partial charge in [-0.1, -0.05) is 202 Å². The van der Waals surface area contributed by atoms with E-state index in [-0.39, 0.29) is 5.41 Å².